The van der Waals surface area contributed by atoms with Crippen molar-refractivity contribution in [3.63, 3.8) is 0 Å². The predicted molar refractivity (Wildman–Crippen MR) is 105 cm³/mol. The molecule has 13 nitrogen and oxygen atoms in total. The van der Waals surface area contributed by atoms with Gasteiger partial charge in [0.1, 0.15) is 0 Å². The largest absolute Gasteiger partial charge is 4.00 e. The standard InChI is InChI=1S/C14H23N3O10.3Sn/c18-10(19)5-15(1-3-16(6-11(20)21)7-12(22)23)2-4-17(8-13(24)25)9-14(26)27;;;/h1-9H2,(H,18,19)(H,20,21)(H,22,23)(H,24,25)(H,26,27);;;/q;3*+4/i;3*1-2. The van der Waals surface area contributed by atoms with Crippen LogP contribution in [-0.2, 0) is 24.0 Å². The van der Waals surface area contributed by atoms with Crippen LogP contribution in [0.3, 0.4) is 0 Å². The van der Waals surface area contributed by atoms with E-state index in [4.69, 9.17) is 25.5 Å². The molecule has 0 aromatic rings. The van der Waals surface area contributed by atoms with E-state index in [1.165, 1.54) is 4.90 Å². The fourth-order valence-electron chi connectivity index (χ4n) is 2.22. The first-order chi connectivity index (χ1) is 12.5. The van der Waals surface area contributed by atoms with Gasteiger partial charge in [-0.05, 0) is 0 Å². The van der Waals surface area contributed by atoms with Crippen molar-refractivity contribution in [2.75, 3.05) is 58.9 Å². The van der Waals surface area contributed by atoms with E-state index in [-0.39, 0.29) is 97.9 Å². The number of carbonyl (C=O) groups is 5. The monoisotopic (exact) mass is 744 g/mol. The van der Waals surface area contributed by atoms with Crippen LogP contribution in [-0.4, -0.2) is 201 Å². The molecular weight excluding hydrogens is 721 g/mol. The number of rotatable bonds is 16. The summed E-state index contributed by atoms with van der Waals surface area (Å²) in [5.74, 6) is -6.16. The van der Waals surface area contributed by atoms with E-state index >= 15 is 0 Å². The molecule has 0 atom stereocenters. The van der Waals surface area contributed by atoms with Crippen LogP contribution < -0.4 is 0 Å². The zero-order valence-electron chi connectivity index (χ0n) is 16.0. The van der Waals surface area contributed by atoms with E-state index in [0.29, 0.717) is 0 Å². The molecule has 0 bridgehead atoms. The molecule has 154 valence electrons. The summed E-state index contributed by atoms with van der Waals surface area (Å²) < 4.78 is 0. The third-order valence-corrected chi connectivity index (χ3v) is 3.26. The fraction of sp³-hybridized carbons (Fsp3) is 0.643. The van der Waals surface area contributed by atoms with Crippen molar-refractivity contribution >= 4 is 102 Å². The molecule has 5 N–H and O–H groups in total. The summed E-state index contributed by atoms with van der Waals surface area (Å²) in [6.45, 7) is -2.74. The summed E-state index contributed by atoms with van der Waals surface area (Å²) in [4.78, 5) is 57.6. The average molecular weight is 744 g/mol. The molecule has 0 aliphatic carbocycles. The Bertz CT molecular complexity index is 495. The summed E-state index contributed by atoms with van der Waals surface area (Å²) in [5, 5.41) is 44.1. The second-order valence-corrected chi connectivity index (χ2v) is 5.67. The van der Waals surface area contributed by atoms with Gasteiger partial charge in [-0.1, -0.05) is 0 Å². The van der Waals surface area contributed by atoms with Gasteiger partial charge in [0.15, 0.2) is 0 Å². The summed E-state index contributed by atoms with van der Waals surface area (Å²) >= 11 is 0. The van der Waals surface area contributed by atoms with Crippen LogP contribution in [0, 0.1) is 0 Å². The van der Waals surface area contributed by atoms with Gasteiger partial charge in [0, 0.05) is 26.2 Å². The number of aliphatic carboxylic acids is 5. The van der Waals surface area contributed by atoms with Crippen molar-refractivity contribution in [2.45, 2.75) is 0 Å². The molecule has 0 radical (unpaired) electrons. The molecule has 0 amide bonds. The van der Waals surface area contributed by atoms with Gasteiger partial charge in [-0.3, -0.25) is 38.7 Å². The molecule has 0 aromatic heterocycles. The third kappa shape index (κ3) is 22.3. The zero-order chi connectivity index (χ0) is 21.0. The Morgan fingerprint density at radius 2 is 0.567 bits per heavy atom. The smallest absolute Gasteiger partial charge is 0.480 e. The first-order valence-corrected chi connectivity index (χ1v) is 7.75. The van der Waals surface area contributed by atoms with Crippen molar-refractivity contribution in [2.24, 2.45) is 0 Å². The van der Waals surface area contributed by atoms with Gasteiger partial charge in [0.25, 0.3) is 0 Å². The van der Waals surface area contributed by atoms with E-state index < -0.39 is 62.6 Å². The number of hydrogen-bond acceptors (Lipinski definition) is 8. The fourth-order valence-corrected chi connectivity index (χ4v) is 2.22. The minimum Gasteiger partial charge on any atom is -0.480 e. The van der Waals surface area contributed by atoms with Crippen molar-refractivity contribution < 1.29 is 49.5 Å². The Labute approximate surface area is 223 Å². The number of carboxylic acid groups (broad SMARTS) is 5. The molecule has 0 saturated heterocycles. The van der Waals surface area contributed by atoms with Crippen molar-refractivity contribution in [3.8, 4) is 0 Å². The molecule has 0 rings (SSSR count). The Morgan fingerprint density at radius 3 is 0.767 bits per heavy atom. The molecule has 0 unspecified atom stereocenters. The molecule has 0 aromatic carbocycles. The summed E-state index contributed by atoms with van der Waals surface area (Å²) in [5.41, 5.74) is 0. The molecule has 0 spiro atoms. The van der Waals surface area contributed by atoms with Crippen LogP contribution in [0.15, 0.2) is 0 Å². The van der Waals surface area contributed by atoms with Gasteiger partial charge >= 0.3 is 102 Å². The quantitative estimate of drug-likeness (QED) is 0.0967. The van der Waals surface area contributed by atoms with Gasteiger partial charge in [-0.15, -0.1) is 0 Å². The number of hydrogen-bond donors (Lipinski definition) is 5. The Hall–Kier alpha value is -0.374. The van der Waals surface area contributed by atoms with Gasteiger partial charge in [-0.2, -0.15) is 0 Å². The molecule has 0 saturated carbocycles. The molecule has 0 heterocycles. The summed E-state index contributed by atoms with van der Waals surface area (Å²) in [7, 11) is 0. The maximum absolute atomic E-state index is 11.0. The molecule has 30 heavy (non-hydrogen) atoms. The van der Waals surface area contributed by atoms with E-state index in [2.05, 4.69) is 0 Å². The van der Waals surface area contributed by atoms with E-state index in [1.807, 2.05) is 0 Å². The second kappa shape index (κ2) is 20.5. The zero-order valence-corrected chi connectivity index (χ0v) is 24.5. The predicted octanol–water partition coefficient (Wildman–Crippen LogP) is -3.83. The van der Waals surface area contributed by atoms with Gasteiger partial charge in [0.2, 0.25) is 0 Å². The summed E-state index contributed by atoms with van der Waals surface area (Å²) in [6.07, 6.45) is 0. The minimum absolute atomic E-state index is 0. The molecule has 0 fully saturated rings. The van der Waals surface area contributed by atoms with Crippen LogP contribution in [0.5, 0.6) is 0 Å². The van der Waals surface area contributed by atoms with Gasteiger partial charge < -0.3 is 25.5 Å². The summed E-state index contributed by atoms with van der Waals surface area (Å²) in [6, 6.07) is 0. The van der Waals surface area contributed by atoms with Crippen molar-refractivity contribution in [3.05, 3.63) is 0 Å². The first kappa shape index (κ1) is 37.0. The Kier molecular flexibility index (Phi) is 25.3. The average Bonchev–Trinajstić information content (AvgIpc) is 2.46. The van der Waals surface area contributed by atoms with E-state index in [9.17, 15) is 24.0 Å². The van der Waals surface area contributed by atoms with Crippen LogP contribution >= 0.6 is 0 Å². The Balaban J connectivity index is -0.00000113. The van der Waals surface area contributed by atoms with Crippen molar-refractivity contribution in [1.82, 2.24) is 14.7 Å². The third-order valence-electron chi connectivity index (χ3n) is 3.26. The minimum atomic E-state index is -1.24. The Morgan fingerprint density at radius 1 is 0.400 bits per heavy atom. The van der Waals surface area contributed by atoms with Crippen molar-refractivity contribution in [1.29, 1.82) is 0 Å². The van der Waals surface area contributed by atoms with Crippen LogP contribution in [0.2, 0.25) is 0 Å². The first-order valence-electron chi connectivity index (χ1n) is 7.75. The molecular formula is C14H23N3O10Sn3+12. The SMILES string of the molecule is O=C(O)CN(CCN(CC(=O)O)CC(=O)O)CCN(CC(=O)O)CC(=O)O.[117Sn+4].[117Sn+4].[117Sn+4]. The van der Waals surface area contributed by atoms with Crippen LogP contribution in [0.25, 0.3) is 0 Å². The van der Waals surface area contributed by atoms with Gasteiger partial charge in [-0.25, -0.2) is 0 Å². The molecule has 0 aliphatic rings. The second-order valence-electron chi connectivity index (χ2n) is 5.67. The maximum Gasteiger partial charge on any atom is 4.00 e. The van der Waals surface area contributed by atoms with Crippen LogP contribution in [0.4, 0.5) is 0 Å². The molecule has 16 heteroatoms. The van der Waals surface area contributed by atoms with Gasteiger partial charge in [0.05, 0.1) is 32.7 Å². The topological polar surface area (TPSA) is 196 Å². The van der Waals surface area contributed by atoms with E-state index in [0.717, 1.165) is 9.80 Å². The normalized spacial score (nSPS) is 9.97. The molecule has 0 aliphatic heterocycles. The number of carboxylic acids is 5. The van der Waals surface area contributed by atoms with E-state index in [1.54, 1.807) is 0 Å². The van der Waals surface area contributed by atoms with Crippen LogP contribution in [0.1, 0.15) is 0 Å². The maximum atomic E-state index is 11.0. The number of nitrogens with zero attached hydrogens (tertiary/aromatic N) is 3.